The van der Waals surface area contributed by atoms with Crippen LogP contribution >= 0.6 is 0 Å². The van der Waals surface area contributed by atoms with Crippen molar-refractivity contribution in [3.05, 3.63) is 34.7 Å². The largest absolute Gasteiger partial charge is 0.354 e. The van der Waals surface area contributed by atoms with Crippen molar-refractivity contribution >= 4 is 22.8 Å². The summed E-state index contributed by atoms with van der Waals surface area (Å²) in [5.41, 5.74) is 0.641. The molecule has 2 heterocycles. The van der Waals surface area contributed by atoms with Gasteiger partial charge in [-0.05, 0) is 25.5 Å². The number of hydrogen-bond acceptors (Lipinski definition) is 3. The van der Waals surface area contributed by atoms with Crippen molar-refractivity contribution in [2.75, 3.05) is 6.54 Å². The second-order valence-electron chi connectivity index (χ2n) is 6.12. The van der Waals surface area contributed by atoms with Crippen molar-refractivity contribution in [3.8, 4) is 0 Å². The number of benzene rings is 1. The van der Waals surface area contributed by atoms with Crippen LogP contribution in [0.15, 0.2) is 29.1 Å². The second-order valence-corrected chi connectivity index (χ2v) is 6.12. The number of rotatable bonds is 4. The number of carbonyl (C=O) groups is 2. The normalized spacial score (nSPS) is 20.7. The molecule has 122 valence electrons. The average molecular weight is 316 g/mol. The Labute approximate surface area is 133 Å². The third-order valence-corrected chi connectivity index (χ3v) is 4.44. The van der Waals surface area contributed by atoms with Gasteiger partial charge >= 0.3 is 5.69 Å². The third kappa shape index (κ3) is 2.62. The first-order chi connectivity index (χ1) is 10.9. The predicted octanol–water partition coefficient (Wildman–Crippen LogP) is 0.125. The fourth-order valence-corrected chi connectivity index (χ4v) is 3.02. The minimum atomic E-state index is -0.846. The highest BCUT2D eigenvalue weighted by Crippen LogP contribution is 2.16. The molecule has 0 aliphatic carbocycles. The first kappa shape index (κ1) is 15.3. The van der Waals surface area contributed by atoms with Gasteiger partial charge in [0.2, 0.25) is 11.8 Å². The Hall–Kier alpha value is -2.57. The Morgan fingerprint density at radius 2 is 2.00 bits per heavy atom. The molecule has 0 spiro atoms. The zero-order chi connectivity index (χ0) is 16.6. The van der Waals surface area contributed by atoms with E-state index in [0.29, 0.717) is 13.0 Å². The van der Waals surface area contributed by atoms with Crippen LogP contribution in [0.3, 0.4) is 0 Å². The molecule has 0 radical (unpaired) electrons. The molecule has 1 atom stereocenters. The van der Waals surface area contributed by atoms with Gasteiger partial charge < -0.3 is 10.6 Å². The highest BCUT2D eigenvalue weighted by atomic mass is 16.2. The van der Waals surface area contributed by atoms with Crippen LogP contribution in [-0.4, -0.2) is 33.0 Å². The lowest BCUT2D eigenvalue weighted by Gasteiger charge is -2.22. The molecule has 1 saturated heterocycles. The van der Waals surface area contributed by atoms with Gasteiger partial charge in [-0.1, -0.05) is 12.1 Å². The molecule has 2 amide bonds. The van der Waals surface area contributed by atoms with Gasteiger partial charge in [-0.15, -0.1) is 0 Å². The summed E-state index contributed by atoms with van der Waals surface area (Å²) in [4.78, 5) is 36.2. The van der Waals surface area contributed by atoms with E-state index in [0.717, 1.165) is 11.0 Å². The molecule has 7 nitrogen and oxygen atoms in total. The quantitative estimate of drug-likeness (QED) is 0.840. The van der Waals surface area contributed by atoms with Gasteiger partial charge in [0.05, 0.1) is 11.0 Å². The number of hydrogen-bond donors (Lipinski definition) is 2. The molecule has 1 aliphatic rings. The summed E-state index contributed by atoms with van der Waals surface area (Å²) in [7, 11) is 1.71. The van der Waals surface area contributed by atoms with Crippen LogP contribution in [0.1, 0.15) is 19.8 Å². The van der Waals surface area contributed by atoms with Crippen molar-refractivity contribution in [2.24, 2.45) is 7.05 Å². The number of carbonyl (C=O) groups excluding carboxylic acids is 2. The van der Waals surface area contributed by atoms with Crippen LogP contribution in [0, 0.1) is 0 Å². The number of nitrogens with zero attached hydrogens (tertiary/aromatic N) is 2. The van der Waals surface area contributed by atoms with Gasteiger partial charge in [-0.25, -0.2) is 4.79 Å². The molecule has 23 heavy (non-hydrogen) atoms. The van der Waals surface area contributed by atoms with Crippen LogP contribution in [-0.2, 0) is 23.2 Å². The maximum absolute atomic E-state index is 12.3. The van der Waals surface area contributed by atoms with Crippen molar-refractivity contribution in [2.45, 2.75) is 31.8 Å². The van der Waals surface area contributed by atoms with Crippen molar-refractivity contribution in [3.63, 3.8) is 0 Å². The number of amides is 2. The number of aryl methyl sites for hydroxylation is 2. The van der Waals surface area contributed by atoms with Crippen LogP contribution < -0.4 is 16.3 Å². The summed E-state index contributed by atoms with van der Waals surface area (Å²) in [5, 5.41) is 5.49. The third-order valence-electron chi connectivity index (χ3n) is 4.44. The maximum atomic E-state index is 12.3. The molecule has 1 unspecified atom stereocenters. The lowest BCUT2D eigenvalue weighted by atomic mass is 10.0. The van der Waals surface area contributed by atoms with Crippen molar-refractivity contribution in [1.82, 2.24) is 19.8 Å². The Kier molecular flexibility index (Phi) is 3.71. The molecule has 0 saturated carbocycles. The molecule has 7 heteroatoms. The van der Waals surface area contributed by atoms with Gasteiger partial charge in [0.25, 0.3) is 0 Å². The highest BCUT2D eigenvalue weighted by Gasteiger charge is 2.38. The molecular weight excluding hydrogens is 296 g/mol. The Balaban J connectivity index is 1.74. The summed E-state index contributed by atoms with van der Waals surface area (Å²) in [6, 6.07) is 7.47. The van der Waals surface area contributed by atoms with E-state index in [-0.39, 0.29) is 30.5 Å². The SMILES string of the molecule is Cn1c(=O)n(CCC(=O)NC2(C)CCNC2=O)c2ccccc21. The topological polar surface area (TPSA) is 85.1 Å². The molecule has 2 aromatic rings. The number of fused-ring (bicyclic) bond motifs is 1. The molecule has 1 fully saturated rings. The highest BCUT2D eigenvalue weighted by molar-refractivity contribution is 5.92. The second kappa shape index (κ2) is 5.57. The lowest BCUT2D eigenvalue weighted by molar-refractivity contribution is -0.130. The number of nitrogens with one attached hydrogen (secondary N) is 2. The van der Waals surface area contributed by atoms with E-state index in [1.54, 1.807) is 23.1 Å². The molecule has 1 aliphatic heterocycles. The van der Waals surface area contributed by atoms with E-state index in [1.807, 2.05) is 24.3 Å². The van der Waals surface area contributed by atoms with Crippen LogP contribution in [0.4, 0.5) is 0 Å². The van der Waals surface area contributed by atoms with Gasteiger partial charge in [0, 0.05) is 26.6 Å². The molecule has 1 aromatic heterocycles. The van der Waals surface area contributed by atoms with Gasteiger partial charge in [-0.3, -0.25) is 18.7 Å². The minimum absolute atomic E-state index is 0.149. The number of imidazole rings is 1. The lowest BCUT2D eigenvalue weighted by Crippen LogP contribution is -2.51. The summed E-state index contributed by atoms with van der Waals surface area (Å²) in [6.45, 7) is 2.57. The summed E-state index contributed by atoms with van der Waals surface area (Å²) >= 11 is 0. The monoisotopic (exact) mass is 316 g/mol. The predicted molar refractivity (Wildman–Crippen MR) is 86.0 cm³/mol. The summed E-state index contributed by atoms with van der Waals surface area (Å²) in [6.07, 6.45) is 0.725. The van der Waals surface area contributed by atoms with E-state index < -0.39 is 5.54 Å². The molecular formula is C16H20N4O3. The Bertz CT molecular complexity index is 835. The number of aromatic nitrogens is 2. The fourth-order valence-electron chi connectivity index (χ4n) is 3.02. The molecule has 0 bridgehead atoms. The zero-order valence-corrected chi connectivity index (χ0v) is 13.3. The van der Waals surface area contributed by atoms with Gasteiger partial charge in [0.1, 0.15) is 5.54 Å². The van der Waals surface area contributed by atoms with Gasteiger partial charge in [0.15, 0.2) is 0 Å². The van der Waals surface area contributed by atoms with Gasteiger partial charge in [-0.2, -0.15) is 0 Å². The maximum Gasteiger partial charge on any atom is 0.328 e. The zero-order valence-electron chi connectivity index (χ0n) is 13.3. The Morgan fingerprint density at radius 1 is 1.30 bits per heavy atom. The smallest absolute Gasteiger partial charge is 0.328 e. The van der Waals surface area contributed by atoms with Crippen LogP contribution in [0.2, 0.25) is 0 Å². The fraction of sp³-hybridized carbons (Fsp3) is 0.438. The Morgan fingerprint density at radius 3 is 2.65 bits per heavy atom. The number of para-hydroxylation sites is 2. The summed E-state index contributed by atoms with van der Waals surface area (Å²) in [5.74, 6) is -0.391. The molecule has 1 aromatic carbocycles. The average Bonchev–Trinajstić information content (AvgIpc) is 2.97. The standard InChI is InChI=1S/C16H20N4O3/c1-16(8-9-17-14(16)22)18-13(21)7-10-20-12-6-4-3-5-11(12)19(2)15(20)23/h3-6H,7-10H2,1-2H3,(H,17,22)(H,18,21). The van der Waals surface area contributed by atoms with E-state index in [2.05, 4.69) is 10.6 Å². The first-order valence-corrected chi connectivity index (χ1v) is 7.66. The van der Waals surface area contributed by atoms with E-state index >= 15 is 0 Å². The van der Waals surface area contributed by atoms with Crippen LogP contribution in [0.5, 0.6) is 0 Å². The first-order valence-electron chi connectivity index (χ1n) is 7.66. The molecule has 2 N–H and O–H groups in total. The van der Waals surface area contributed by atoms with E-state index in [1.165, 1.54) is 0 Å². The van der Waals surface area contributed by atoms with E-state index in [9.17, 15) is 14.4 Å². The van der Waals surface area contributed by atoms with Crippen molar-refractivity contribution < 1.29 is 9.59 Å². The minimum Gasteiger partial charge on any atom is -0.354 e. The molecule has 3 rings (SSSR count). The van der Waals surface area contributed by atoms with Crippen LogP contribution in [0.25, 0.3) is 11.0 Å². The van der Waals surface area contributed by atoms with Crippen molar-refractivity contribution in [1.29, 1.82) is 0 Å². The summed E-state index contributed by atoms with van der Waals surface area (Å²) < 4.78 is 3.16. The van der Waals surface area contributed by atoms with E-state index in [4.69, 9.17) is 0 Å².